The van der Waals surface area contributed by atoms with Crippen LogP contribution in [0.25, 0.3) is 0 Å². The molecule has 0 bridgehead atoms. The van der Waals surface area contributed by atoms with Crippen LogP contribution in [-0.4, -0.2) is 64.9 Å². The van der Waals surface area contributed by atoms with Crippen molar-refractivity contribution in [3.8, 4) is 0 Å². The number of nitrogens with zero attached hydrogens (tertiary/aromatic N) is 3. The van der Waals surface area contributed by atoms with E-state index < -0.39 is 11.6 Å². The number of methoxy groups -OCH3 is 1. The van der Waals surface area contributed by atoms with Crippen LogP contribution in [0.3, 0.4) is 0 Å². The van der Waals surface area contributed by atoms with Crippen LogP contribution in [0.1, 0.15) is 63.1 Å². The van der Waals surface area contributed by atoms with E-state index in [1.807, 2.05) is 0 Å². The summed E-state index contributed by atoms with van der Waals surface area (Å²) in [5.74, 6) is 0.394. The Morgan fingerprint density at radius 3 is 2.58 bits per heavy atom. The molecule has 10 heteroatoms. The van der Waals surface area contributed by atoms with Crippen molar-refractivity contribution in [2.24, 2.45) is 17.8 Å². The van der Waals surface area contributed by atoms with Gasteiger partial charge in [0.2, 0.25) is 11.7 Å². The summed E-state index contributed by atoms with van der Waals surface area (Å²) in [7, 11) is 2.96. The first-order valence-electron chi connectivity index (χ1n) is 10.9. The van der Waals surface area contributed by atoms with Gasteiger partial charge in [-0.1, -0.05) is 44.9 Å². The maximum absolute atomic E-state index is 13.3. The number of amides is 2. The summed E-state index contributed by atoms with van der Waals surface area (Å²) in [5.41, 5.74) is -0.942. The van der Waals surface area contributed by atoms with Crippen LogP contribution in [0.4, 0.5) is 4.79 Å². The number of ether oxygens (including phenoxy) is 1. The number of hydrogen-bond donors (Lipinski definition) is 1. The fraction of sp³-hybridized carbons (Fsp3) is 0.762. The van der Waals surface area contributed by atoms with Crippen molar-refractivity contribution in [3.05, 3.63) is 5.89 Å². The lowest BCUT2D eigenvalue weighted by Crippen LogP contribution is -2.48. The van der Waals surface area contributed by atoms with E-state index in [9.17, 15) is 14.4 Å². The summed E-state index contributed by atoms with van der Waals surface area (Å²) in [5, 5.41) is 11.2. The van der Waals surface area contributed by atoms with Crippen LogP contribution in [0, 0.1) is 17.8 Å². The Labute approximate surface area is 187 Å². The van der Waals surface area contributed by atoms with Crippen molar-refractivity contribution in [1.82, 2.24) is 20.4 Å². The number of hydrogen-bond acceptors (Lipinski definition) is 8. The standard InChI is InChI=1S/C21H32N4O5S/c1-13(2)15-12-21(15,22-17(27)14-8-6-5-7-9-14)16(26)18-23-24-19(30-18)31-11-10-25(3)20(28)29-4/h13-15H,5-12H2,1-4H3,(H,22,27)/t15-,21+/m0/s1. The lowest BCUT2D eigenvalue weighted by atomic mass is 9.88. The summed E-state index contributed by atoms with van der Waals surface area (Å²) < 4.78 is 10.2. The maximum Gasteiger partial charge on any atom is 0.409 e. The minimum Gasteiger partial charge on any atom is -0.453 e. The van der Waals surface area contributed by atoms with Crippen LogP contribution in [0.2, 0.25) is 0 Å². The molecule has 1 aromatic heterocycles. The molecule has 2 fully saturated rings. The average Bonchev–Trinajstić information content (AvgIpc) is 3.32. The third-order valence-electron chi connectivity index (χ3n) is 6.29. The molecular weight excluding hydrogens is 420 g/mol. The van der Waals surface area contributed by atoms with E-state index in [1.165, 1.54) is 30.2 Å². The van der Waals surface area contributed by atoms with Gasteiger partial charge < -0.3 is 19.4 Å². The molecule has 0 aliphatic heterocycles. The highest BCUT2D eigenvalue weighted by Gasteiger charge is 2.63. The zero-order chi connectivity index (χ0) is 22.6. The molecular formula is C21H32N4O5S. The Bertz CT molecular complexity index is 807. The zero-order valence-corrected chi connectivity index (χ0v) is 19.5. The Balaban J connectivity index is 1.63. The maximum atomic E-state index is 13.3. The largest absolute Gasteiger partial charge is 0.453 e. The number of carbonyl (C=O) groups excluding carboxylic acids is 3. The fourth-order valence-electron chi connectivity index (χ4n) is 4.31. The van der Waals surface area contributed by atoms with Crippen molar-refractivity contribution in [3.63, 3.8) is 0 Å². The van der Waals surface area contributed by atoms with Crippen molar-refractivity contribution < 1.29 is 23.5 Å². The lowest BCUT2D eigenvalue weighted by molar-refractivity contribution is -0.126. The van der Waals surface area contributed by atoms with Crippen LogP contribution >= 0.6 is 11.8 Å². The van der Waals surface area contributed by atoms with Gasteiger partial charge in [-0.15, -0.1) is 10.2 Å². The molecule has 9 nitrogen and oxygen atoms in total. The minimum atomic E-state index is -0.942. The van der Waals surface area contributed by atoms with Gasteiger partial charge in [-0.3, -0.25) is 9.59 Å². The third-order valence-corrected chi connectivity index (χ3v) is 7.08. The number of rotatable bonds is 9. The third kappa shape index (κ3) is 5.39. The summed E-state index contributed by atoms with van der Waals surface area (Å²) in [6, 6.07) is 0. The first kappa shape index (κ1) is 23.6. The first-order valence-corrected chi connectivity index (χ1v) is 11.9. The van der Waals surface area contributed by atoms with E-state index in [-0.39, 0.29) is 40.6 Å². The molecule has 1 heterocycles. The second-order valence-electron chi connectivity index (χ2n) is 8.79. The van der Waals surface area contributed by atoms with Gasteiger partial charge in [0, 0.05) is 25.3 Å². The summed E-state index contributed by atoms with van der Waals surface area (Å²) >= 11 is 1.26. The molecule has 0 unspecified atom stereocenters. The number of thioether (sulfide) groups is 1. The van der Waals surface area contributed by atoms with Gasteiger partial charge >= 0.3 is 6.09 Å². The van der Waals surface area contributed by atoms with Gasteiger partial charge in [-0.25, -0.2) is 4.79 Å². The molecule has 0 saturated heterocycles. The van der Waals surface area contributed by atoms with Crippen LogP contribution < -0.4 is 5.32 Å². The molecule has 0 radical (unpaired) electrons. The predicted octanol–water partition coefficient (Wildman–Crippen LogP) is 3.15. The van der Waals surface area contributed by atoms with Crippen LogP contribution in [-0.2, 0) is 9.53 Å². The molecule has 1 N–H and O–H groups in total. The monoisotopic (exact) mass is 452 g/mol. The number of carbonyl (C=O) groups is 3. The van der Waals surface area contributed by atoms with Gasteiger partial charge in [0.1, 0.15) is 5.54 Å². The summed E-state index contributed by atoms with van der Waals surface area (Å²) in [6.45, 7) is 4.54. The van der Waals surface area contributed by atoms with E-state index in [2.05, 4.69) is 34.1 Å². The molecule has 0 aromatic carbocycles. The van der Waals surface area contributed by atoms with E-state index in [1.54, 1.807) is 7.05 Å². The minimum absolute atomic E-state index is 0.0209. The fourth-order valence-corrected chi connectivity index (χ4v) is 5.08. The van der Waals surface area contributed by atoms with E-state index in [4.69, 9.17) is 4.42 Å². The van der Waals surface area contributed by atoms with Crippen molar-refractivity contribution >= 4 is 29.5 Å². The molecule has 0 spiro atoms. The Kier molecular flexibility index (Phi) is 7.61. The van der Waals surface area contributed by atoms with Crippen molar-refractivity contribution in [1.29, 1.82) is 0 Å². The highest BCUT2D eigenvalue weighted by Crippen LogP contribution is 2.50. The smallest absolute Gasteiger partial charge is 0.409 e. The van der Waals surface area contributed by atoms with Gasteiger partial charge in [-0.05, 0) is 31.1 Å². The van der Waals surface area contributed by atoms with Gasteiger partial charge in [0.15, 0.2) is 0 Å². The van der Waals surface area contributed by atoms with Gasteiger partial charge in [0.25, 0.3) is 11.1 Å². The quantitative estimate of drug-likeness (QED) is 0.449. The number of ketones is 1. The normalized spacial score (nSPS) is 23.5. The van der Waals surface area contributed by atoms with Crippen molar-refractivity contribution in [2.75, 3.05) is 26.5 Å². The average molecular weight is 453 g/mol. The highest BCUT2D eigenvalue weighted by atomic mass is 32.2. The topological polar surface area (TPSA) is 115 Å². The summed E-state index contributed by atoms with van der Waals surface area (Å²) in [6.07, 6.45) is 5.21. The molecule has 2 aliphatic carbocycles. The van der Waals surface area contributed by atoms with Crippen LogP contribution in [0.15, 0.2) is 9.64 Å². The van der Waals surface area contributed by atoms with E-state index >= 15 is 0 Å². The first-order chi connectivity index (χ1) is 14.8. The second-order valence-corrected chi connectivity index (χ2v) is 9.84. The van der Waals surface area contributed by atoms with Crippen molar-refractivity contribution in [2.45, 2.75) is 63.1 Å². The van der Waals surface area contributed by atoms with E-state index in [0.29, 0.717) is 18.7 Å². The second kappa shape index (κ2) is 10.0. The zero-order valence-electron chi connectivity index (χ0n) is 18.7. The van der Waals surface area contributed by atoms with Crippen LogP contribution in [0.5, 0.6) is 0 Å². The van der Waals surface area contributed by atoms with Gasteiger partial charge in [-0.2, -0.15) is 0 Å². The lowest BCUT2D eigenvalue weighted by Gasteiger charge is -2.25. The molecule has 31 heavy (non-hydrogen) atoms. The number of nitrogens with one attached hydrogen (secondary N) is 1. The number of Topliss-reactive ketones (excluding diaryl/α,β-unsaturated/α-hetero) is 1. The van der Waals surface area contributed by atoms with E-state index in [0.717, 1.165) is 25.7 Å². The molecule has 2 aliphatic rings. The molecule has 172 valence electrons. The Morgan fingerprint density at radius 1 is 1.26 bits per heavy atom. The Morgan fingerprint density at radius 2 is 1.97 bits per heavy atom. The molecule has 2 atom stereocenters. The molecule has 1 aromatic rings. The summed E-state index contributed by atoms with van der Waals surface area (Å²) in [4.78, 5) is 39.0. The highest BCUT2D eigenvalue weighted by molar-refractivity contribution is 7.99. The molecule has 2 amide bonds. The SMILES string of the molecule is COC(=O)N(C)CCSc1nnc(C(=O)[C@@]2(NC(=O)C3CCCCC3)C[C@H]2C(C)C)o1. The molecule has 2 saturated carbocycles. The van der Waals surface area contributed by atoms with Gasteiger partial charge in [0.05, 0.1) is 7.11 Å². The Hall–Kier alpha value is -2.10. The molecule has 3 rings (SSSR count). The predicted molar refractivity (Wildman–Crippen MR) is 115 cm³/mol. The number of aromatic nitrogens is 2.